The Morgan fingerprint density at radius 2 is 1.11 bits per heavy atom. The summed E-state index contributed by atoms with van der Waals surface area (Å²) < 4.78 is 3.62. The minimum Gasteiger partial charge on any atom is -0.384 e. The molecule has 74 heavy (non-hydrogen) atoms. The van der Waals surface area contributed by atoms with E-state index in [1.807, 2.05) is 0 Å². The molecule has 5 saturated carbocycles. The number of aromatic amines is 1. The van der Waals surface area contributed by atoms with Crippen LogP contribution in [0.1, 0.15) is 115 Å². The van der Waals surface area contributed by atoms with E-state index in [9.17, 15) is 43.2 Å². The fraction of sp³-hybridized carbons (Fsp3) is 0.370. The average Bonchev–Trinajstić information content (AvgIpc) is 4.26. The summed E-state index contributed by atoms with van der Waals surface area (Å²) in [6, 6.07) is 7.32. The standard InChI is InChI=1S/C18H17ClN6O3.C10H8BrClN2O2.C8H10N4O.C6H4BrClN2O2.C4H6O/c19-10-6-11(17(28)25-14(10)16(27)24-18(25)4-1-5-18)22-12-7-13(21-8-20-12)23-15(26)9-2-3-9;11-5-4-6(12)7-8(15)13-10(2-1-3-10)14(7)9(5)16;9-6-3-7(11-4-10-6)12-8(13)5-1-2-5;7-2-1-3(8)4(5(9)11)10-6(2)12;5-4-2-1-3-4/h6-9H,1-5H2,(H,24,27)(H2,20,21,22,23,26);4H,1-3H2,(H,13,15);3-5H,1-2H2,(H3,9,10,11,12,13);1H,(H2,9,11)(H,10,12);1-3H2. The predicted molar refractivity (Wildman–Crippen MR) is 279 cm³/mol. The van der Waals surface area contributed by atoms with Crippen molar-refractivity contribution in [3.63, 3.8) is 0 Å². The molecule has 28 heteroatoms. The zero-order chi connectivity index (χ0) is 53.2. The Labute approximate surface area is 451 Å². The highest BCUT2D eigenvalue weighted by molar-refractivity contribution is 9.10. The van der Waals surface area contributed by atoms with Crippen molar-refractivity contribution in [1.29, 1.82) is 0 Å². The molecule has 5 fully saturated rings. The number of nitrogen functional groups attached to an aromatic ring is 1. The molecular weight excluding hydrogens is 1160 g/mol. The van der Waals surface area contributed by atoms with Crippen LogP contribution >= 0.6 is 66.7 Å². The number of fused-ring (bicyclic) bond motifs is 4. The second-order valence-electron chi connectivity index (χ2n) is 18.1. The molecule has 2 aliphatic heterocycles. The van der Waals surface area contributed by atoms with E-state index in [0.29, 0.717) is 51.4 Å². The van der Waals surface area contributed by atoms with Crippen molar-refractivity contribution >= 4 is 131 Å². The van der Waals surface area contributed by atoms with Crippen LogP contribution in [0.15, 0.2) is 66.3 Å². The molecule has 7 aliphatic rings. The maximum Gasteiger partial charge on any atom is 0.276 e. The van der Waals surface area contributed by atoms with Crippen LogP contribution < -0.4 is 54.7 Å². The molecule has 5 amide bonds. The maximum atomic E-state index is 13.1. The van der Waals surface area contributed by atoms with Crippen LogP contribution in [0.25, 0.3) is 0 Å². The van der Waals surface area contributed by atoms with E-state index in [4.69, 9.17) is 46.3 Å². The SMILES string of the molecule is NC(=O)c1[nH]c(=O)c(Br)cc1Cl.Nc1cc(NC(=O)C2CC2)ncn1.O=C1CCC1.O=C1NC2(CCC2)n2c1c(Cl)cc(Br)c2=O.O=C1NC2(CCC2)n2c1c(Cl)cc(Nc1cc(NC(=O)C3CC3)ncn1)c2=O. The number of nitrogens with two attached hydrogens (primary N) is 2. The maximum absolute atomic E-state index is 13.1. The molecule has 0 radical (unpaired) electrons. The number of halogens is 5. The van der Waals surface area contributed by atoms with E-state index in [1.165, 1.54) is 40.0 Å². The van der Waals surface area contributed by atoms with Gasteiger partial charge in [0.25, 0.3) is 34.4 Å². The van der Waals surface area contributed by atoms with Gasteiger partial charge in [0, 0.05) is 36.8 Å². The van der Waals surface area contributed by atoms with Crippen LogP contribution in [0.3, 0.4) is 0 Å². The summed E-state index contributed by atoms with van der Waals surface area (Å²) >= 11 is 24.0. The van der Waals surface area contributed by atoms with Gasteiger partial charge in [-0.15, -0.1) is 0 Å². The fourth-order valence-electron chi connectivity index (χ4n) is 8.04. The lowest BCUT2D eigenvalue weighted by Crippen LogP contribution is -2.52. The average molecular weight is 1200 g/mol. The number of hydrogen-bond donors (Lipinski definition) is 8. The lowest BCUT2D eigenvalue weighted by atomic mass is 9.85. The number of nitrogens with one attached hydrogen (secondary N) is 6. The molecular formula is C46H45Br2Cl3N14O9. The number of hydrogen-bond acceptors (Lipinski definition) is 15. The summed E-state index contributed by atoms with van der Waals surface area (Å²) in [5, 5.41) is 14.7. The normalized spacial score (nSPS) is 17.4. The summed E-state index contributed by atoms with van der Waals surface area (Å²) in [6.07, 6.45) is 14.1. The molecule has 12 rings (SSSR count). The number of carbonyl (C=O) groups excluding carboxylic acids is 6. The molecule has 5 aromatic rings. The monoisotopic (exact) mass is 1200 g/mol. The van der Waals surface area contributed by atoms with E-state index >= 15 is 0 Å². The lowest BCUT2D eigenvalue weighted by molar-refractivity contribution is -0.123. The molecule has 0 unspecified atom stereocenters. The number of nitrogens with zero attached hydrogens (tertiary/aromatic N) is 6. The van der Waals surface area contributed by atoms with Gasteiger partial charge in [0.1, 0.15) is 75.8 Å². The molecule has 0 saturated heterocycles. The lowest BCUT2D eigenvalue weighted by Gasteiger charge is -2.39. The van der Waals surface area contributed by atoms with Crippen LogP contribution in [0, 0.1) is 11.8 Å². The van der Waals surface area contributed by atoms with Crippen LogP contribution in [0.5, 0.6) is 0 Å². The van der Waals surface area contributed by atoms with Gasteiger partial charge in [-0.25, -0.2) is 19.9 Å². The molecule has 7 heterocycles. The van der Waals surface area contributed by atoms with E-state index in [-0.39, 0.29) is 83.9 Å². The van der Waals surface area contributed by atoms with Crippen molar-refractivity contribution in [2.45, 2.75) is 94.8 Å². The van der Waals surface area contributed by atoms with Gasteiger partial charge >= 0.3 is 0 Å². The Hall–Kier alpha value is -6.54. The summed E-state index contributed by atoms with van der Waals surface area (Å²) in [4.78, 5) is 122. The van der Waals surface area contributed by atoms with Crippen LogP contribution in [-0.2, 0) is 25.7 Å². The van der Waals surface area contributed by atoms with Crippen molar-refractivity contribution < 1.29 is 28.8 Å². The molecule has 5 aliphatic carbocycles. The predicted octanol–water partition coefficient (Wildman–Crippen LogP) is 5.84. The first-order valence-corrected chi connectivity index (χ1v) is 25.8. The number of pyridine rings is 3. The largest absolute Gasteiger partial charge is 0.384 e. The highest BCUT2D eigenvalue weighted by Gasteiger charge is 2.50. The van der Waals surface area contributed by atoms with Crippen molar-refractivity contribution in [3.8, 4) is 0 Å². The van der Waals surface area contributed by atoms with E-state index in [2.05, 4.69) is 83.4 Å². The Morgan fingerprint density at radius 3 is 1.57 bits per heavy atom. The van der Waals surface area contributed by atoms with Crippen molar-refractivity contribution in [2.24, 2.45) is 17.6 Å². The van der Waals surface area contributed by atoms with Crippen LogP contribution in [-0.4, -0.2) is 69.4 Å². The second-order valence-corrected chi connectivity index (χ2v) is 21.0. The number of Topliss-reactive ketones (excluding diaryl/α,β-unsaturated/α-hetero) is 1. The number of primary amides is 1. The highest BCUT2D eigenvalue weighted by Crippen LogP contribution is 2.43. The number of rotatable bonds is 7. The number of anilines is 5. The van der Waals surface area contributed by atoms with Gasteiger partial charge in [-0.1, -0.05) is 34.8 Å². The third-order valence-electron chi connectivity index (χ3n) is 12.7. The molecule has 388 valence electrons. The third kappa shape index (κ3) is 11.9. The van der Waals surface area contributed by atoms with Crippen molar-refractivity contribution in [2.75, 3.05) is 21.7 Å². The minimum atomic E-state index is -0.760. The molecule has 23 nitrogen and oxygen atoms in total. The van der Waals surface area contributed by atoms with Crippen molar-refractivity contribution in [3.05, 3.63) is 115 Å². The molecule has 5 aromatic heterocycles. The van der Waals surface area contributed by atoms with E-state index < -0.39 is 22.8 Å². The number of aromatic nitrogens is 7. The molecule has 0 bridgehead atoms. The van der Waals surface area contributed by atoms with E-state index in [1.54, 1.807) is 12.1 Å². The smallest absolute Gasteiger partial charge is 0.276 e. The van der Waals surface area contributed by atoms with Crippen molar-refractivity contribution in [1.82, 2.24) is 44.7 Å². The van der Waals surface area contributed by atoms with Gasteiger partial charge in [0.2, 0.25) is 11.8 Å². The van der Waals surface area contributed by atoms with E-state index in [0.717, 1.165) is 70.6 Å². The Bertz CT molecular complexity index is 3310. The number of H-pyrrole nitrogens is 1. The van der Waals surface area contributed by atoms with Gasteiger partial charge in [0.15, 0.2) is 0 Å². The van der Waals surface area contributed by atoms with Crippen LogP contribution in [0.2, 0.25) is 15.1 Å². The van der Waals surface area contributed by atoms with Gasteiger partial charge in [-0.3, -0.25) is 52.3 Å². The first-order valence-electron chi connectivity index (χ1n) is 23.1. The Kier molecular flexibility index (Phi) is 16.1. The number of amides is 5. The highest BCUT2D eigenvalue weighted by atomic mass is 79.9. The van der Waals surface area contributed by atoms with Gasteiger partial charge < -0.3 is 43.0 Å². The summed E-state index contributed by atoms with van der Waals surface area (Å²) in [5.74, 6) is 0.810. The number of ketones is 1. The third-order valence-corrected chi connectivity index (χ3v) is 14.8. The molecule has 0 atom stereocenters. The first kappa shape index (κ1) is 53.7. The van der Waals surface area contributed by atoms with Crippen LogP contribution in [0.4, 0.5) is 29.0 Å². The summed E-state index contributed by atoms with van der Waals surface area (Å²) in [6.45, 7) is 0. The zero-order valence-corrected chi connectivity index (χ0v) is 44.2. The quantitative estimate of drug-likeness (QED) is 0.0948. The van der Waals surface area contributed by atoms with Gasteiger partial charge in [-0.2, -0.15) is 0 Å². The minimum absolute atomic E-state index is 0.0260. The van der Waals surface area contributed by atoms with Gasteiger partial charge in [-0.05, 0) is 121 Å². The number of carbonyl (C=O) groups is 6. The zero-order valence-electron chi connectivity index (χ0n) is 38.8. The Morgan fingerprint density at radius 1 is 0.635 bits per heavy atom. The first-order chi connectivity index (χ1) is 35.2. The summed E-state index contributed by atoms with van der Waals surface area (Å²) in [7, 11) is 0. The topological polar surface area (TPSA) is 343 Å². The molecule has 10 N–H and O–H groups in total. The molecule has 2 spiro atoms. The second kappa shape index (κ2) is 22.1. The Balaban J connectivity index is 0.000000135. The fourth-order valence-corrected chi connectivity index (χ4v) is 9.85. The summed E-state index contributed by atoms with van der Waals surface area (Å²) in [5.41, 5.74) is 8.77. The van der Waals surface area contributed by atoms with Gasteiger partial charge in [0.05, 0.1) is 24.0 Å². The molecule has 0 aromatic carbocycles.